The average molecular weight is 368 g/mol. The van der Waals surface area contributed by atoms with Crippen LogP contribution in [-0.2, 0) is 17.9 Å². The van der Waals surface area contributed by atoms with Gasteiger partial charge in [0.15, 0.2) is 0 Å². The summed E-state index contributed by atoms with van der Waals surface area (Å²) in [5, 5.41) is 0. The van der Waals surface area contributed by atoms with Crippen molar-refractivity contribution in [2.24, 2.45) is 0 Å². The first-order chi connectivity index (χ1) is 13.0. The number of carbonyl (C=O) groups is 1. The Morgan fingerprint density at radius 2 is 1.85 bits per heavy atom. The number of piperazine rings is 1. The fraction of sp³-hybridized carbons (Fsp3) is 0.409. The Labute approximate surface area is 161 Å². The lowest BCUT2D eigenvalue weighted by Gasteiger charge is -2.34. The molecule has 27 heavy (non-hydrogen) atoms. The van der Waals surface area contributed by atoms with Gasteiger partial charge in [0.1, 0.15) is 18.1 Å². The van der Waals surface area contributed by atoms with Gasteiger partial charge in [0.2, 0.25) is 5.91 Å². The molecule has 0 N–H and O–H groups in total. The van der Waals surface area contributed by atoms with Crippen molar-refractivity contribution in [1.29, 1.82) is 0 Å². The number of aryl methyl sites for hydroxylation is 1. The summed E-state index contributed by atoms with van der Waals surface area (Å²) in [5.74, 6) is 1.92. The minimum Gasteiger partial charge on any atom is -0.497 e. The Kier molecular flexibility index (Phi) is 6.35. The molecule has 1 aliphatic rings. The molecular formula is C22H28N2O3. The maximum atomic E-state index is 11.5. The zero-order chi connectivity index (χ0) is 19.2. The first-order valence-corrected chi connectivity index (χ1v) is 9.38. The van der Waals surface area contributed by atoms with Gasteiger partial charge in [0, 0.05) is 45.2 Å². The summed E-state index contributed by atoms with van der Waals surface area (Å²) >= 11 is 0. The van der Waals surface area contributed by atoms with Crippen LogP contribution in [0.5, 0.6) is 11.5 Å². The SMILES string of the molecule is COc1cccc(COc2cc(C)ccc2CN2CCN(C(C)=O)CC2)c1. The number of nitrogens with zero attached hydrogens (tertiary/aromatic N) is 2. The predicted molar refractivity (Wildman–Crippen MR) is 106 cm³/mol. The predicted octanol–water partition coefficient (Wildman–Crippen LogP) is 3.25. The molecule has 0 unspecified atom stereocenters. The number of hydrogen-bond donors (Lipinski definition) is 0. The van der Waals surface area contributed by atoms with E-state index in [-0.39, 0.29) is 5.91 Å². The maximum Gasteiger partial charge on any atom is 0.219 e. The molecule has 0 radical (unpaired) electrons. The van der Waals surface area contributed by atoms with E-state index in [0.29, 0.717) is 6.61 Å². The van der Waals surface area contributed by atoms with Gasteiger partial charge in [-0.15, -0.1) is 0 Å². The fourth-order valence-electron chi connectivity index (χ4n) is 3.31. The van der Waals surface area contributed by atoms with Gasteiger partial charge in [0.25, 0.3) is 0 Å². The quantitative estimate of drug-likeness (QED) is 0.785. The van der Waals surface area contributed by atoms with Crippen LogP contribution in [0, 0.1) is 6.92 Å². The van der Waals surface area contributed by atoms with E-state index in [0.717, 1.165) is 49.8 Å². The van der Waals surface area contributed by atoms with E-state index in [1.54, 1.807) is 14.0 Å². The maximum absolute atomic E-state index is 11.5. The van der Waals surface area contributed by atoms with Crippen LogP contribution in [0.2, 0.25) is 0 Å². The van der Waals surface area contributed by atoms with Crippen LogP contribution in [0.3, 0.4) is 0 Å². The molecule has 2 aromatic carbocycles. The van der Waals surface area contributed by atoms with Gasteiger partial charge in [-0.1, -0.05) is 24.3 Å². The molecule has 0 spiro atoms. The zero-order valence-electron chi connectivity index (χ0n) is 16.4. The topological polar surface area (TPSA) is 42.0 Å². The molecule has 0 saturated carbocycles. The third kappa shape index (κ3) is 5.23. The molecule has 3 rings (SSSR count). The number of rotatable bonds is 6. The van der Waals surface area contributed by atoms with Crippen LogP contribution in [-0.4, -0.2) is 49.0 Å². The average Bonchev–Trinajstić information content (AvgIpc) is 2.68. The molecule has 1 amide bonds. The van der Waals surface area contributed by atoms with Crippen LogP contribution in [0.15, 0.2) is 42.5 Å². The molecule has 5 heteroatoms. The third-order valence-electron chi connectivity index (χ3n) is 4.96. The molecular weight excluding hydrogens is 340 g/mol. The number of hydrogen-bond acceptors (Lipinski definition) is 4. The number of ether oxygens (including phenoxy) is 2. The van der Waals surface area contributed by atoms with Gasteiger partial charge in [0.05, 0.1) is 7.11 Å². The van der Waals surface area contributed by atoms with Crippen molar-refractivity contribution in [2.75, 3.05) is 33.3 Å². The Hall–Kier alpha value is -2.53. The van der Waals surface area contributed by atoms with Crippen LogP contribution < -0.4 is 9.47 Å². The van der Waals surface area contributed by atoms with E-state index in [1.807, 2.05) is 29.2 Å². The van der Waals surface area contributed by atoms with E-state index >= 15 is 0 Å². The summed E-state index contributed by atoms with van der Waals surface area (Å²) < 4.78 is 11.4. The van der Waals surface area contributed by atoms with Crippen molar-refractivity contribution in [3.8, 4) is 11.5 Å². The molecule has 5 nitrogen and oxygen atoms in total. The Balaban J connectivity index is 1.65. The smallest absolute Gasteiger partial charge is 0.219 e. The normalized spacial score (nSPS) is 14.9. The molecule has 1 heterocycles. The summed E-state index contributed by atoms with van der Waals surface area (Å²) in [7, 11) is 1.67. The van der Waals surface area contributed by atoms with Crippen LogP contribution >= 0.6 is 0 Å². The zero-order valence-corrected chi connectivity index (χ0v) is 16.4. The van der Waals surface area contributed by atoms with E-state index in [1.165, 1.54) is 11.1 Å². The van der Waals surface area contributed by atoms with Crippen LogP contribution in [0.4, 0.5) is 0 Å². The monoisotopic (exact) mass is 368 g/mol. The fourth-order valence-corrected chi connectivity index (χ4v) is 3.31. The standard InChI is InChI=1S/C22H28N2O3/c1-17-7-8-20(15-23-9-11-24(12-10-23)18(2)25)22(13-17)27-16-19-5-4-6-21(14-19)26-3/h4-8,13-14H,9-12,15-16H2,1-3H3. The second-order valence-electron chi connectivity index (χ2n) is 7.03. The van der Waals surface area contributed by atoms with Crippen LogP contribution in [0.1, 0.15) is 23.6 Å². The summed E-state index contributed by atoms with van der Waals surface area (Å²) in [5.41, 5.74) is 3.44. The lowest BCUT2D eigenvalue weighted by molar-refractivity contribution is -0.130. The second kappa shape index (κ2) is 8.91. The van der Waals surface area contributed by atoms with Crippen molar-refractivity contribution in [3.63, 3.8) is 0 Å². The molecule has 0 bridgehead atoms. The van der Waals surface area contributed by atoms with Gasteiger partial charge < -0.3 is 14.4 Å². The minimum absolute atomic E-state index is 0.160. The lowest BCUT2D eigenvalue weighted by atomic mass is 10.1. The Bertz CT molecular complexity index is 783. The van der Waals surface area contributed by atoms with E-state index in [2.05, 4.69) is 30.0 Å². The first-order valence-electron chi connectivity index (χ1n) is 9.38. The third-order valence-corrected chi connectivity index (χ3v) is 4.96. The minimum atomic E-state index is 0.160. The number of carbonyl (C=O) groups excluding carboxylic acids is 1. The first kappa shape index (κ1) is 19.2. The Morgan fingerprint density at radius 1 is 1.07 bits per heavy atom. The summed E-state index contributed by atoms with van der Waals surface area (Å²) in [6.07, 6.45) is 0. The van der Waals surface area contributed by atoms with E-state index in [4.69, 9.17) is 9.47 Å². The molecule has 144 valence electrons. The van der Waals surface area contributed by atoms with E-state index < -0.39 is 0 Å². The molecule has 1 saturated heterocycles. The molecule has 0 atom stereocenters. The molecule has 1 fully saturated rings. The van der Waals surface area contributed by atoms with Crippen molar-refractivity contribution < 1.29 is 14.3 Å². The highest BCUT2D eigenvalue weighted by Gasteiger charge is 2.19. The summed E-state index contributed by atoms with van der Waals surface area (Å²) in [4.78, 5) is 15.8. The van der Waals surface area contributed by atoms with Crippen molar-refractivity contribution in [2.45, 2.75) is 27.0 Å². The summed E-state index contributed by atoms with van der Waals surface area (Å²) in [6.45, 7) is 8.42. The largest absolute Gasteiger partial charge is 0.497 e. The highest BCUT2D eigenvalue weighted by Crippen LogP contribution is 2.24. The van der Waals surface area contributed by atoms with Gasteiger partial charge >= 0.3 is 0 Å². The van der Waals surface area contributed by atoms with Crippen molar-refractivity contribution >= 4 is 5.91 Å². The number of amides is 1. The summed E-state index contributed by atoms with van der Waals surface area (Å²) in [6, 6.07) is 14.3. The molecule has 0 aliphatic carbocycles. The van der Waals surface area contributed by atoms with Gasteiger partial charge in [-0.05, 0) is 36.2 Å². The van der Waals surface area contributed by atoms with Crippen LogP contribution in [0.25, 0.3) is 0 Å². The van der Waals surface area contributed by atoms with Crippen molar-refractivity contribution in [3.05, 3.63) is 59.2 Å². The number of benzene rings is 2. The second-order valence-corrected chi connectivity index (χ2v) is 7.03. The Morgan fingerprint density at radius 3 is 2.56 bits per heavy atom. The highest BCUT2D eigenvalue weighted by atomic mass is 16.5. The van der Waals surface area contributed by atoms with Gasteiger partial charge in [-0.2, -0.15) is 0 Å². The molecule has 0 aromatic heterocycles. The van der Waals surface area contributed by atoms with Crippen molar-refractivity contribution in [1.82, 2.24) is 9.80 Å². The lowest BCUT2D eigenvalue weighted by Crippen LogP contribution is -2.47. The highest BCUT2D eigenvalue weighted by molar-refractivity contribution is 5.73. The number of methoxy groups -OCH3 is 1. The van der Waals surface area contributed by atoms with Gasteiger partial charge in [-0.3, -0.25) is 9.69 Å². The van der Waals surface area contributed by atoms with Gasteiger partial charge in [-0.25, -0.2) is 0 Å². The van der Waals surface area contributed by atoms with E-state index in [9.17, 15) is 4.79 Å². The molecule has 1 aliphatic heterocycles. The molecule has 2 aromatic rings.